The Bertz CT molecular complexity index is 317. The molecule has 3 N–H and O–H groups in total. The first-order valence-electron chi connectivity index (χ1n) is 6.84. The summed E-state index contributed by atoms with van der Waals surface area (Å²) in [5, 5.41) is 9.35. The summed E-state index contributed by atoms with van der Waals surface area (Å²) in [6.07, 6.45) is 6.00. The van der Waals surface area contributed by atoms with Crippen LogP contribution in [-0.4, -0.2) is 41.1 Å². The van der Waals surface area contributed by atoms with Crippen molar-refractivity contribution in [3.8, 4) is 0 Å². The Morgan fingerprint density at radius 1 is 1.24 bits per heavy atom. The van der Waals surface area contributed by atoms with Gasteiger partial charge in [0.15, 0.2) is 0 Å². The van der Waals surface area contributed by atoms with Crippen molar-refractivity contribution in [1.29, 1.82) is 0 Å². The van der Waals surface area contributed by atoms with Gasteiger partial charge in [-0.25, -0.2) is 0 Å². The summed E-state index contributed by atoms with van der Waals surface area (Å²) >= 11 is 0. The zero-order chi connectivity index (χ0) is 12.0. The van der Waals surface area contributed by atoms with Crippen molar-refractivity contribution in [2.45, 2.75) is 37.6 Å². The summed E-state index contributed by atoms with van der Waals surface area (Å²) in [6.45, 7) is 2.70. The lowest BCUT2D eigenvalue weighted by Crippen LogP contribution is -2.57. The first-order chi connectivity index (χ1) is 8.09. The average molecular weight is 238 g/mol. The summed E-state index contributed by atoms with van der Waals surface area (Å²) in [5.74, 6) is 1.02. The molecule has 0 bridgehead atoms. The number of rotatable bonds is 4. The van der Waals surface area contributed by atoms with E-state index in [0.717, 1.165) is 37.8 Å². The molecule has 0 radical (unpaired) electrons. The number of fused-ring (bicyclic) bond motifs is 1. The summed E-state index contributed by atoms with van der Waals surface area (Å²) in [6, 6.07) is 0. The van der Waals surface area contributed by atoms with E-state index in [4.69, 9.17) is 5.73 Å². The van der Waals surface area contributed by atoms with E-state index in [2.05, 4.69) is 4.90 Å². The molecule has 1 heterocycles. The van der Waals surface area contributed by atoms with Crippen molar-refractivity contribution in [3.63, 3.8) is 0 Å². The van der Waals surface area contributed by atoms with Crippen molar-refractivity contribution in [3.05, 3.63) is 0 Å². The van der Waals surface area contributed by atoms with Gasteiger partial charge in [0.2, 0.25) is 0 Å². The molecule has 3 fully saturated rings. The Morgan fingerprint density at radius 2 is 1.82 bits per heavy atom. The molecule has 2 aliphatic carbocycles. The van der Waals surface area contributed by atoms with Crippen LogP contribution in [0.25, 0.3) is 0 Å². The number of carboxylic acids is 1. The molecule has 96 valence electrons. The van der Waals surface area contributed by atoms with Crippen LogP contribution in [0.5, 0.6) is 0 Å². The molecule has 3 rings (SSSR count). The number of likely N-dealkylation sites (tertiary alicyclic amines) is 1. The molecule has 3 unspecified atom stereocenters. The second-order valence-electron chi connectivity index (χ2n) is 6.26. The minimum Gasteiger partial charge on any atom is -0.480 e. The molecule has 1 aliphatic heterocycles. The van der Waals surface area contributed by atoms with Gasteiger partial charge in [-0.1, -0.05) is 6.42 Å². The molecule has 0 amide bonds. The van der Waals surface area contributed by atoms with Gasteiger partial charge >= 0.3 is 5.97 Å². The Kier molecular flexibility index (Phi) is 2.67. The van der Waals surface area contributed by atoms with Crippen LogP contribution in [0, 0.1) is 17.8 Å². The highest BCUT2D eigenvalue weighted by Gasteiger charge is 2.50. The highest BCUT2D eigenvalue weighted by Crippen LogP contribution is 2.42. The number of aliphatic carboxylic acids is 1. The van der Waals surface area contributed by atoms with Gasteiger partial charge in [-0.15, -0.1) is 0 Å². The van der Waals surface area contributed by atoms with Crippen LogP contribution >= 0.6 is 0 Å². The van der Waals surface area contributed by atoms with E-state index in [1.807, 2.05) is 0 Å². The maximum atomic E-state index is 11.4. The maximum absolute atomic E-state index is 11.4. The van der Waals surface area contributed by atoms with Gasteiger partial charge in [0.05, 0.1) is 0 Å². The number of hydrogen-bond donors (Lipinski definition) is 2. The zero-order valence-electron chi connectivity index (χ0n) is 10.3. The van der Waals surface area contributed by atoms with Crippen LogP contribution in [-0.2, 0) is 4.79 Å². The molecule has 0 aromatic carbocycles. The smallest absolute Gasteiger partial charge is 0.325 e. The van der Waals surface area contributed by atoms with E-state index in [1.54, 1.807) is 0 Å². The normalized spacial score (nSPS) is 36.8. The third-order valence-corrected chi connectivity index (χ3v) is 4.99. The van der Waals surface area contributed by atoms with E-state index < -0.39 is 11.5 Å². The zero-order valence-corrected chi connectivity index (χ0v) is 10.3. The lowest BCUT2D eigenvalue weighted by atomic mass is 9.94. The van der Waals surface area contributed by atoms with E-state index in [1.165, 1.54) is 19.3 Å². The van der Waals surface area contributed by atoms with Crippen molar-refractivity contribution in [2.24, 2.45) is 23.5 Å². The number of hydrogen-bond acceptors (Lipinski definition) is 3. The molecule has 0 spiro atoms. The topological polar surface area (TPSA) is 66.6 Å². The molecular weight excluding hydrogens is 216 g/mol. The average Bonchev–Trinajstić information content (AvgIpc) is 2.92. The molecule has 4 heteroatoms. The van der Waals surface area contributed by atoms with Crippen LogP contribution in [0.1, 0.15) is 32.1 Å². The van der Waals surface area contributed by atoms with E-state index >= 15 is 0 Å². The Morgan fingerprint density at radius 3 is 2.29 bits per heavy atom. The van der Waals surface area contributed by atoms with Gasteiger partial charge < -0.3 is 15.7 Å². The second kappa shape index (κ2) is 3.95. The lowest BCUT2D eigenvalue weighted by molar-refractivity contribution is -0.145. The Labute approximate surface area is 102 Å². The largest absolute Gasteiger partial charge is 0.480 e. The fraction of sp³-hybridized carbons (Fsp3) is 0.923. The van der Waals surface area contributed by atoms with Gasteiger partial charge in [-0.3, -0.25) is 4.79 Å². The van der Waals surface area contributed by atoms with Crippen molar-refractivity contribution in [1.82, 2.24) is 4.90 Å². The van der Waals surface area contributed by atoms with Crippen molar-refractivity contribution in [2.75, 3.05) is 19.6 Å². The van der Waals surface area contributed by atoms with E-state index in [0.29, 0.717) is 6.54 Å². The van der Waals surface area contributed by atoms with Gasteiger partial charge in [0, 0.05) is 19.6 Å². The summed E-state index contributed by atoms with van der Waals surface area (Å²) in [4.78, 5) is 13.7. The fourth-order valence-corrected chi connectivity index (χ4v) is 3.80. The molecule has 17 heavy (non-hydrogen) atoms. The predicted octanol–water partition coefficient (Wildman–Crippen LogP) is 0.910. The molecule has 3 atom stereocenters. The van der Waals surface area contributed by atoms with Crippen LogP contribution in [0.15, 0.2) is 0 Å². The molecular formula is C13H22N2O2. The number of nitrogens with zero attached hydrogens (tertiary/aromatic N) is 1. The molecule has 0 aromatic heterocycles. The SMILES string of the molecule is NC(CN1CC2CCCC2C1)(C(=O)O)C1CC1. The van der Waals surface area contributed by atoms with Crippen LogP contribution < -0.4 is 5.73 Å². The number of nitrogens with two attached hydrogens (primary N) is 1. The first kappa shape index (κ1) is 11.5. The van der Waals surface area contributed by atoms with E-state index in [9.17, 15) is 9.90 Å². The quantitative estimate of drug-likeness (QED) is 0.764. The van der Waals surface area contributed by atoms with Gasteiger partial charge in [-0.2, -0.15) is 0 Å². The number of carboxylic acid groups (broad SMARTS) is 1. The van der Waals surface area contributed by atoms with Crippen molar-refractivity contribution < 1.29 is 9.90 Å². The Balaban J connectivity index is 1.64. The predicted molar refractivity (Wildman–Crippen MR) is 64.5 cm³/mol. The van der Waals surface area contributed by atoms with Gasteiger partial charge in [-0.05, 0) is 43.4 Å². The third-order valence-electron chi connectivity index (χ3n) is 4.99. The standard InChI is InChI=1S/C13H22N2O2/c14-13(12(16)17,11-4-5-11)8-15-6-9-2-1-3-10(9)7-15/h9-11H,1-8,14H2,(H,16,17). The number of carbonyl (C=O) groups is 1. The van der Waals surface area contributed by atoms with Crippen LogP contribution in [0.2, 0.25) is 0 Å². The maximum Gasteiger partial charge on any atom is 0.325 e. The van der Waals surface area contributed by atoms with Crippen molar-refractivity contribution >= 4 is 5.97 Å². The monoisotopic (exact) mass is 238 g/mol. The summed E-state index contributed by atoms with van der Waals surface area (Å²) in [7, 11) is 0. The summed E-state index contributed by atoms with van der Waals surface area (Å²) < 4.78 is 0. The Hall–Kier alpha value is -0.610. The minimum absolute atomic E-state index is 0.209. The molecule has 2 saturated carbocycles. The highest BCUT2D eigenvalue weighted by atomic mass is 16.4. The minimum atomic E-state index is -0.987. The lowest BCUT2D eigenvalue weighted by Gasteiger charge is -2.30. The summed E-state index contributed by atoms with van der Waals surface area (Å²) in [5.41, 5.74) is 5.15. The first-order valence-corrected chi connectivity index (χ1v) is 6.84. The van der Waals surface area contributed by atoms with Gasteiger partial charge in [0.25, 0.3) is 0 Å². The molecule has 3 aliphatic rings. The molecule has 0 aromatic rings. The fourth-order valence-electron chi connectivity index (χ4n) is 3.80. The second-order valence-corrected chi connectivity index (χ2v) is 6.26. The molecule has 1 saturated heterocycles. The van der Waals surface area contributed by atoms with Crippen LogP contribution in [0.3, 0.4) is 0 Å². The van der Waals surface area contributed by atoms with E-state index in [-0.39, 0.29) is 5.92 Å². The van der Waals surface area contributed by atoms with Gasteiger partial charge in [0.1, 0.15) is 5.54 Å². The van der Waals surface area contributed by atoms with Crippen LogP contribution in [0.4, 0.5) is 0 Å². The molecule has 4 nitrogen and oxygen atoms in total. The highest BCUT2D eigenvalue weighted by molar-refractivity contribution is 5.79. The third kappa shape index (κ3) is 1.97.